The van der Waals surface area contributed by atoms with E-state index in [0.717, 1.165) is 0 Å². The van der Waals surface area contributed by atoms with Crippen LogP contribution in [0.2, 0.25) is 5.02 Å². The van der Waals surface area contributed by atoms with Crippen LogP contribution in [0.4, 0.5) is 0 Å². The molecule has 14 heavy (non-hydrogen) atoms. The number of carbonyl (C=O) groups is 1. The van der Waals surface area contributed by atoms with Crippen LogP contribution in [0, 0.1) is 0 Å². The molecule has 1 rings (SSSR count). The standard InChI is InChI=1S/C10H11ClO3/c1-2-10(14,9(12)13)7-5-3-4-6-8(7)11/h3-6,14H,2H2,1H3,(H,12,13). The molecule has 0 saturated heterocycles. The first-order chi connectivity index (χ1) is 6.52. The number of halogens is 1. The molecular formula is C10H11ClO3. The molecule has 76 valence electrons. The van der Waals surface area contributed by atoms with Crippen LogP contribution >= 0.6 is 11.6 Å². The van der Waals surface area contributed by atoms with Crippen LogP contribution in [0.25, 0.3) is 0 Å². The number of carboxylic acid groups (broad SMARTS) is 1. The average Bonchev–Trinajstić information content (AvgIpc) is 2.17. The van der Waals surface area contributed by atoms with E-state index in [1.54, 1.807) is 25.1 Å². The molecule has 4 heteroatoms. The van der Waals surface area contributed by atoms with Crippen molar-refractivity contribution >= 4 is 17.6 Å². The van der Waals surface area contributed by atoms with Crippen molar-refractivity contribution < 1.29 is 15.0 Å². The molecule has 0 aromatic heterocycles. The summed E-state index contributed by atoms with van der Waals surface area (Å²) in [5, 5.41) is 19.0. The Kier molecular flexibility index (Phi) is 3.13. The highest BCUT2D eigenvalue weighted by molar-refractivity contribution is 6.31. The van der Waals surface area contributed by atoms with Crippen molar-refractivity contribution in [3.8, 4) is 0 Å². The van der Waals surface area contributed by atoms with Gasteiger partial charge in [0, 0.05) is 10.6 Å². The van der Waals surface area contributed by atoms with Gasteiger partial charge in [0.25, 0.3) is 0 Å². The van der Waals surface area contributed by atoms with E-state index in [1.165, 1.54) is 6.07 Å². The summed E-state index contributed by atoms with van der Waals surface area (Å²) in [4.78, 5) is 10.9. The average molecular weight is 215 g/mol. The van der Waals surface area contributed by atoms with Gasteiger partial charge in [-0.05, 0) is 12.5 Å². The fourth-order valence-corrected chi connectivity index (χ4v) is 1.55. The first kappa shape index (κ1) is 11.0. The van der Waals surface area contributed by atoms with Crippen LogP contribution in [-0.2, 0) is 10.4 Å². The smallest absolute Gasteiger partial charge is 0.340 e. The van der Waals surface area contributed by atoms with E-state index in [1.807, 2.05) is 0 Å². The van der Waals surface area contributed by atoms with Crippen LogP contribution in [0.1, 0.15) is 18.9 Å². The zero-order valence-corrected chi connectivity index (χ0v) is 8.45. The first-order valence-electron chi connectivity index (χ1n) is 4.23. The van der Waals surface area contributed by atoms with Crippen molar-refractivity contribution in [2.24, 2.45) is 0 Å². The maximum Gasteiger partial charge on any atom is 0.340 e. The van der Waals surface area contributed by atoms with Gasteiger partial charge in [-0.1, -0.05) is 36.7 Å². The maximum atomic E-state index is 10.9. The van der Waals surface area contributed by atoms with Gasteiger partial charge >= 0.3 is 5.97 Å². The molecule has 3 nitrogen and oxygen atoms in total. The Morgan fingerprint density at radius 2 is 2.07 bits per heavy atom. The van der Waals surface area contributed by atoms with Crippen molar-refractivity contribution in [3.05, 3.63) is 34.9 Å². The molecule has 1 aromatic carbocycles. The van der Waals surface area contributed by atoms with Crippen LogP contribution in [0.15, 0.2) is 24.3 Å². The van der Waals surface area contributed by atoms with Gasteiger partial charge in [0.05, 0.1) is 0 Å². The monoisotopic (exact) mass is 214 g/mol. The molecule has 0 aliphatic heterocycles. The molecule has 2 N–H and O–H groups in total. The summed E-state index contributed by atoms with van der Waals surface area (Å²) in [5.41, 5.74) is -1.66. The zero-order valence-electron chi connectivity index (χ0n) is 7.70. The fraction of sp³-hybridized carbons (Fsp3) is 0.300. The number of aliphatic hydroxyl groups is 1. The first-order valence-corrected chi connectivity index (χ1v) is 4.61. The Balaban J connectivity index is 3.26. The molecule has 0 fully saturated rings. The zero-order chi connectivity index (χ0) is 10.8. The second-order valence-electron chi connectivity index (χ2n) is 3.00. The number of carboxylic acids is 1. The van der Waals surface area contributed by atoms with Gasteiger partial charge in [-0.15, -0.1) is 0 Å². The summed E-state index contributed by atoms with van der Waals surface area (Å²) in [7, 11) is 0. The summed E-state index contributed by atoms with van der Waals surface area (Å²) in [5.74, 6) is -1.28. The minimum atomic E-state index is -1.89. The van der Waals surface area contributed by atoms with Gasteiger partial charge in [-0.3, -0.25) is 0 Å². The molecular weight excluding hydrogens is 204 g/mol. The SMILES string of the molecule is CCC(O)(C(=O)O)c1ccccc1Cl. The number of hydrogen-bond donors (Lipinski definition) is 2. The van der Waals surface area contributed by atoms with Gasteiger partial charge in [0.2, 0.25) is 0 Å². The quantitative estimate of drug-likeness (QED) is 0.810. The predicted molar refractivity (Wildman–Crippen MR) is 53.3 cm³/mol. The lowest BCUT2D eigenvalue weighted by Crippen LogP contribution is -2.35. The van der Waals surface area contributed by atoms with Gasteiger partial charge in [0.1, 0.15) is 0 Å². The predicted octanol–water partition coefficient (Wildman–Crippen LogP) is 2.02. The van der Waals surface area contributed by atoms with E-state index >= 15 is 0 Å². The van der Waals surface area contributed by atoms with Crippen LogP contribution < -0.4 is 0 Å². The molecule has 0 heterocycles. The number of rotatable bonds is 3. The second kappa shape index (κ2) is 3.98. The van der Waals surface area contributed by atoms with Gasteiger partial charge in [0.15, 0.2) is 5.60 Å². The van der Waals surface area contributed by atoms with Crippen molar-refractivity contribution in [1.29, 1.82) is 0 Å². The molecule has 0 amide bonds. The molecule has 0 spiro atoms. The van der Waals surface area contributed by atoms with Crippen LogP contribution in [-0.4, -0.2) is 16.2 Å². The Labute approximate surface area is 86.9 Å². The van der Waals surface area contributed by atoms with E-state index in [2.05, 4.69) is 0 Å². The molecule has 1 unspecified atom stereocenters. The summed E-state index contributed by atoms with van der Waals surface area (Å²) in [6, 6.07) is 6.40. The molecule has 1 aromatic rings. The summed E-state index contributed by atoms with van der Waals surface area (Å²) in [6.45, 7) is 1.59. The highest BCUT2D eigenvalue weighted by atomic mass is 35.5. The lowest BCUT2D eigenvalue weighted by molar-refractivity contribution is -0.160. The Hall–Kier alpha value is -1.06. The van der Waals surface area contributed by atoms with E-state index in [9.17, 15) is 9.90 Å². The highest BCUT2D eigenvalue weighted by Crippen LogP contribution is 2.30. The highest BCUT2D eigenvalue weighted by Gasteiger charge is 2.37. The van der Waals surface area contributed by atoms with Crippen molar-refractivity contribution in [2.45, 2.75) is 18.9 Å². The fourth-order valence-electron chi connectivity index (χ4n) is 1.25. The second-order valence-corrected chi connectivity index (χ2v) is 3.41. The van der Waals surface area contributed by atoms with Crippen LogP contribution in [0.5, 0.6) is 0 Å². The lowest BCUT2D eigenvalue weighted by atomic mass is 9.91. The maximum absolute atomic E-state index is 10.9. The van der Waals surface area contributed by atoms with Gasteiger partial charge in [-0.25, -0.2) is 4.79 Å². The minimum absolute atomic E-state index is 0.0755. The van der Waals surface area contributed by atoms with E-state index < -0.39 is 11.6 Å². The molecule has 0 saturated carbocycles. The minimum Gasteiger partial charge on any atom is -0.479 e. The van der Waals surface area contributed by atoms with Gasteiger partial charge < -0.3 is 10.2 Å². The Morgan fingerprint density at radius 3 is 2.50 bits per heavy atom. The summed E-state index contributed by atoms with van der Waals surface area (Å²) >= 11 is 5.81. The molecule has 1 atom stereocenters. The Morgan fingerprint density at radius 1 is 1.50 bits per heavy atom. The van der Waals surface area contributed by atoms with Crippen LogP contribution in [0.3, 0.4) is 0 Å². The topological polar surface area (TPSA) is 57.5 Å². The Bertz CT molecular complexity index is 351. The molecule has 0 aliphatic carbocycles. The largest absolute Gasteiger partial charge is 0.479 e. The van der Waals surface area contributed by atoms with E-state index in [-0.39, 0.29) is 17.0 Å². The normalized spacial score (nSPS) is 14.8. The third-order valence-electron chi connectivity index (χ3n) is 2.18. The molecule has 0 aliphatic rings. The third kappa shape index (κ3) is 1.74. The number of hydrogen-bond acceptors (Lipinski definition) is 2. The third-order valence-corrected chi connectivity index (χ3v) is 2.51. The van der Waals surface area contributed by atoms with Gasteiger partial charge in [-0.2, -0.15) is 0 Å². The van der Waals surface area contributed by atoms with Crippen molar-refractivity contribution in [1.82, 2.24) is 0 Å². The van der Waals surface area contributed by atoms with E-state index in [4.69, 9.17) is 16.7 Å². The lowest BCUT2D eigenvalue weighted by Gasteiger charge is -2.22. The van der Waals surface area contributed by atoms with E-state index in [0.29, 0.717) is 0 Å². The number of aliphatic carboxylic acids is 1. The molecule has 0 radical (unpaired) electrons. The van der Waals surface area contributed by atoms with Crippen molar-refractivity contribution in [2.75, 3.05) is 0 Å². The molecule has 0 bridgehead atoms. The summed E-state index contributed by atoms with van der Waals surface area (Å²) < 4.78 is 0. The number of benzene rings is 1. The summed E-state index contributed by atoms with van der Waals surface area (Å²) in [6.07, 6.45) is 0.0755. The van der Waals surface area contributed by atoms with Crippen molar-refractivity contribution in [3.63, 3.8) is 0 Å².